The molecule has 0 aliphatic carbocycles. The predicted molar refractivity (Wildman–Crippen MR) is 127 cm³/mol. The molecule has 1 fully saturated rings. The quantitative estimate of drug-likeness (QED) is 0.428. The number of amides is 1. The van der Waals surface area contributed by atoms with E-state index in [1.54, 1.807) is 66.7 Å². The highest BCUT2D eigenvalue weighted by Gasteiger charge is 2.49. The smallest absolute Gasteiger partial charge is 0.338 e. The highest BCUT2D eigenvalue weighted by atomic mass is 16.7. The number of nitrogens with one attached hydrogen (secondary N) is 1. The Kier molecular flexibility index (Phi) is 8.06. The third kappa shape index (κ3) is 5.95. The molecule has 0 unspecified atom stereocenters. The zero-order valence-corrected chi connectivity index (χ0v) is 19.1. The number of hydrogen-bond acceptors (Lipinski definition) is 8. The van der Waals surface area contributed by atoms with Crippen molar-refractivity contribution in [3.8, 4) is 0 Å². The van der Waals surface area contributed by atoms with E-state index in [2.05, 4.69) is 5.32 Å². The van der Waals surface area contributed by atoms with Gasteiger partial charge in [-0.25, -0.2) is 9.59 Å². The second kappa shape index (κ2) is 11.6. The van der Waals surface area contributed by atoms with Gasteiger partial charge in [0.2, 0.25) is 0 Å². The van der Waals surface area contributed by atoms with Gasteiger partial charge in [0.05, 0.1) is 11.1 Å². The van der Waals surface area contributed by atoms with E-state index in [0.717, 1.165) is 0 Å². The summed E-state index contributed by atoms with van der Waals surface area (Å²) in [6.07, 6.45) is -7.44. The summed E-state index contributed by atoms with van der Waals surface area (Å²) in [6, 6.07) is 24.5. The van der Waals surface area contributed by atoms with Crippen molar-refractivity contribution in [2.45, 2.75) is 30.7 Å². The van der Waals surface area contributed by atoms with E-state index < -0.39 is 48.6 Å². The SMILES string of the molecule is O=C(NC[C@H]1O[C@H](O)[C@H](OC(=O)c2ccccc2)[C@@H](OC(=O)c2ccccc2)[C@@H]1O)c1ccccc1. The number of benzene rings is 3. The maximum Gasteiger partial charge on any atom is 0.338 e. The summed E-state index contributed by atoms with van der Waals surface area (Å²) >= 11 is 0. The number of carbonyl (C=O) groups excluding carboxylic acids is 3. The Bertz CT molecular complexity index is 1170. The number of rotatable bonds is 7. The molecule has 186 valence electrons. The molecule has 0 spiro atoms. The minimum absolute atomic E-state index is 0.199. The number of ether oxygens (including phenoxy) is 3. The number of aliphatic hydroxyl groups excluding tert-OH is 2. The molecule has 0 saturated carbocycles. The van der Waals surface area contributed by atoms with Crippen LogP contribution in [-0.4, -0.2) is 65.3 Å². The molecular weight excluding hydrogens is 466 g/mol. The van der Waals surface area contributed by atoms with Crippen LogP contribution < -0.4 is 5.32 Å². The minimum Gasteiger partial charge on any atom is -0.452 e. The van der Waals surface area contributed by atoms with E-state index in [0.29, 0.717) is 5.56 Å². The molecule has 3 aromatic carbocycles. The molecule has 1 amide bonds. The first kappa shape index (κ1) is 25.1. The van der Waals surface area contributed by atoms with Crippen molar-refractivity contribution < 1.29 is 38.8 Å². The van der Waals surface area contributed by atoms with E-state index in [-0.39, 0.29) is 17.7 Å². The zero-order valence-electron chi connectivity index (χ0n) is 19.1. The first-order chi connectivity index (χ1) is 17.4. The Labute approximate surface area is 207 Å². The van der Waals surface area contributed by atoms with Crippen molar-refractivity contribution in [1.82, 2.24) is 5.32 Å². The van der Waals surface area contributed by atoms with Crippen LogP contribution in [0, 0.1) is 0 Å². The number of hydrogen-bond donors (Lipinski definition) is 3. The largest absolute Gasteiger partial charge is 0.452 e. The maximum atomic E-state index is 12.8. The molecule has 0 aromatic heterocycles. The van der Waals surface area contributed by atoms with Crippen molar-refractivity contribution in [2.75, 3.05) is 6.54 Å². The molecule has 5 atom stereocenters. The van der Waals surface area contributed by atoms with Crippen molar-refractivity contribution in [3.05, 3.63) is 108 Å². The maximum absolute atomic E-state index is 12.8. The van der Waals surface area contributed by atoms with Gasteiger partial charge in [0, 0.05) is 12.1 Å². The van der Waals surface area contributed by atoms with Gasteiger partial charge in [0.25, 0.3) is 5.91 Å². The third-order valence-corrected chi connectivity index (χ3v) is 5.64. The lowest BCUT2D eigenvalue weighted by atomic mass is 9.97. The summed E-state index contributed by atoms with van der Waals surface area (Å²) in [6.45, 7) is -0.204. The highest BCUT2D eigenvalue weighted by Crippen LogP contribution is 2.27. The van der Waals surface area contributed by atoms with Gasteiger partial charge in [-0.1, -0.05) is 54.6 Å². The van der Waals surface area contributed by atoms with Crippen molar-refractivity contribution in [3.63, 3.8) is 0 Å². The first-order valence-electron chi connectivity index (χ1n) is 11.3. The molecule has 3 aromatic rings. The number of esters is 2. The van der Waals surface area contributed by atoms with Gasteiger partial charge in [-0.05, 0) is 36.4 Å². The van der Waals surface area contributed by atoms with Crippen LogP contribution >= 0.6 is 0 Å². The van der Waals surface area contributed by atoms with Crippen LogP contribution in [0.15, 0.2) is 91.0 Å². The van der Waals surface area contributed by atoms with Crippen molar-refractivity contribution >= 4 is 17.8 Å². The summed E-state index contributed by atoms with van der Waals surface area (Å²) in [5.74, 6) is -2.01. The monoisotopic (exact) mass is 491 g/mol. The molecule has 9 nitrogen and oxygen atoms in total. The molecule has 1 aliphatic rings. The Morgan fingerprint density at radius 1 is 0.694 bits per heavy atom. The van der Waals surface area contributed by atoms with Crippen LogP contribution in [0.2, 0.25) is 0 Å². The van der Waals surface area contributed by atoms with Crippen LogP contribution in [0.4, 0.5) is 0 Å². The van der Waals surface area contributed by atoms with Gasteiger partial charge in [-0.2, -0.15) is 0 Å². The average Bonchev–Trinajstić information content (AvgIpc) is 2.92. The van der Waals surface area contributed by atoms with Gasteiger partial charge in [0.1, 0.15) is 12.2 Å². The fraction of sp³-hybridized carbons (Fsp3) is 0.222. The normalized spacial score (nSPS) is 23.3. The zero-order chi connectivity index (χ0) is 25.5. The number of carbonyl (C=O) groups is 3. The van der Waals surface area contributed by atoms with E-state index in [9.17, 15) is 24.6 Å². The summed E-state index contributed by atoms with van der Waals surface area (Å²) in [7, 11) is 0. The molecule has 0 radical (unpaired) electrons. The molecule has 1 saturated heterocycles. The molecule has 1 aliphatic heterocycles. The Morgan fingerprint density at radius 3 is 1.64 bits per heavy atom. The molecule has 3 N–H and O–H groups in total. The molecule has 9 heteroatoms. The summed E-state index contributed by atoms with van der Waals surface area (Å²) in [5, 5.41) is 24.3. The Balaban J connectivity index is 1.52. The lowest BCUT2D eigenvalue weighted by Crippen LogP contribution is -2.62. The van der Waals surface area contributed by atoms with E-state index >= 15 is 0 Å². The number of aliphatic hydroxyl groups is 2. The second-order valence-corrected chi connectivity index (χ2v) is 8.10. The van der Waals surface area contributed by atoms with Gasteiger partial charge >= 0.3 is 11.9 Å². The van der Waals surface area contributed by atoms with Crippen LogP contribution in [0.5, 0.6) is 0 Å². The van der Waals surface area contributed by atoms with E-state index in [4.69, 9.17) is 14.2 Å². The van der Waals surface area contributed by atoms with Gasteiger partial charge in [0.15, 0.2) is 18.5 Å². The van der Waals surface area contributed by atoms with Crippen LogP contribution in [0.3, 0.4) is 0 Å². The second-order valence-electron chi connectivity index (χ2n) is 8.10. The molecular formula is C27H25NO8. The van der Waals surface area contributed by atoms with Crippen LogP contribution in [-0.2, 0) is 14.2 Å². The standard InChI is InChI=1S/C27H25NO8/c29-21-20(16-28-24(30)17-10-4-1-5-11-17)34-27(33)23(36-26(32)19-14-8-3-9-15-19)22(21)35-25(31)18-12-6-2-7-13-18/h1-15,20-23,27,29,33H,16H2,(H,28,30)/t20-,21-,22+,23-,27+/m1/s1. The van der Waals surface area contributed by atoms with Gasteiger partial charge in [-0.15, -0.1) is 0 Å². The first-order valence-corrected chi connectivity index (χ1v) is 11.3. The lowest BCUT2D eigenvalue weighted by Gasteiger charge is -2.41. The van der Waals surface area contributed by atoms with Crippen LogP contribution in [0.25, 0.3) is 0 Å². The van der Waals surface area contributed by atoms with Crippen LogP contribution in [0.1, 0.15) is 31.1 Å². The topological polar surface area (TPSA) is 131 Å². The van der Waals surface area contributed by atoms with Gasteiger partial charge < -0.3 is 29.7 Å². The molecule has 0 bridgehead atoms. The Morgan fingerprint density at radius 2 is 1.14 bits per heavy atom. The van der Waals surface area contributed by atoms with Crippen molar-refractivity contribution in [1.29, 1.82) is 0 Å². The van der Waals surface area contributed by atoms with E-state index in [1.165, 1.54) is 24.3 Å². The van der Waals surface area contributed by atoms with Gasteiger partial charge in [-0.3, -0.25) is 4.79 Å². The fourth-order valence-electron chi connectivity index (χ4n) is 3.75. The average molecular weight is 491 g/mol. The Hall–Kier alpha value is -4.05. The van der Waals surface area contributed by atoms with Crippen molar-refractivity contribution in [2.24, 2.45) is 0 Å². The highest BCUT2D eigenvalue weighted by molar-refractivity contribution is 5.94. The molecule has 1 heterocycles. The summed E-state index contributed by atoms with van der Waals surface area (Å²) in [4.78, 5) is 37.8. The lowest BCUT2D eigenvalue weighted by molar-refractivity contribution is -0.278. The fourth-order valence-corrected chi connectivity index (χ4v) is 3.75. The van der Waals surface area contributed by atoms with E-state index in [1.807, 2.05) is 0 Å². The third-order valence-electron chi connectivity index (χ3n) is 5.64. The summed E-state index contributed by atoms with van der Waals surface area (Å²) in [5.41, 5.74) is 0.794. The molecule has 36 heavy (non-hydrogen) atoms. The predicted octanol–water partition coefficient (Wildman–Crippen LogP) is 1.95. The minimum atomic E-state index is -1.74. The summed E-state index contributed by atoms with van der Waals surface area (Å²) < 4.78 is 16.4. The molecule has 4 rings (SSSR count).